The molecule has 1 rings (SSSR count). The van der Waals surface area contributed by atoms with Gasteiger partial charge in [-0.15, -0.1) is 0 Å². The Bertz CT molecular complexity index is 463. The van der Waals surface area contributed by atoms with Crippen LogP contribution in [0.1, 0.15) is 51.7 Å². The van der Waals surface area contributed by atoms with Crippen LogP contribution in [0.3, 0.4) is 0 Å². The molecule has 0 unspecified atom stereocenters. The minimum absolute atomic E-state index is 0.322. The van der Waals surface area contributed by atoms with Crippen LogP contribution in [0.2, 0.25) is 0 Å². The third kappa shape index (κ3) is 7.24. The first kappa shape index (κ1) is 17.7. The molecule has 1 aromatic carbocycles. The summed E-state index contributed by atoms with van der Waals surface area (Å²) < 4.78 is 13.5. The van der Waals surface area contributed by atoms with Gasteiger partial charge in [-0.05, 0) is 61.5 Å². The molecule has 0 aliphatic carbocycles. The van der Waals surface area contributed by atoms with Gasteiger partial charge in [0.05, 0.1) is 11.6 Å². The number of nitriles is 1. The van der Waals surface area contributed by atoms with E-state index in [4.69, 9.17) is 5.26 Å². The highest BCUT2D eigenvalue weighted by atomic mass is 19.1. The average Bonchev–Trinajstić information content (AvgIpc) is 2.40. The van der Waals surface area contributed by atoms with Crippen molar-refractivity contribution in [2.45, 2.75) is 47.1 Å². The smallest absolute Gasteiger partial charge is 0.124 e. The van der Waals surface area contributed by atoms with E-state index < -0.39 is 0 Å². The molecule has 2 nitrogen and oxygen atoms in total. The number of rotatable bonds is 8. The Morgan fingerprint density at radius 3 is 2.10 bits per heavy atom. The number of halogens is 1. The van der Waals surface area contributed by atoms with Crippen LogP contribution in [-0.4, -0.2) is 18.0 Å². The predicted molar refractivity (Wildman–Crippen MR) is 85.3 cm³/mol. The van der Waals surface area contributed by atoms with E-state index in [0.717, 1.165) is 31.5 Å². The topological polar surface area (TPSA) is 27.0 Å². The van der Waals surface area contributed by atoms with Crippen molar-refractivity contribution in [2.24, 2.45) is 11.8 Å². The minimum atomic E-state index is -0.322. The maximum absolute atomic E-state index is 13.5. The van der Waals surface area contributed by atoms with Gasteiger partial charge >= 0.3 is 0 Å². The lowest BCUT2D eigenvalue weighted by molar-refractivity contribution is 0.235. The van der Waals surface area contributed by atoms with E-state index in [1.807, 2.05) is 6.07 Å². The third-order valence-corrected chi connectivity index (χ3v) is 3.54. The molecule has 0 aliphatic heterocycles. The summed E-state index contributed by atoms with van der Waals surface area (Å²) in [5.74, 6) is 0.999. The molecule has 0 saturated heterocycles. The molecule has 1 aromatic rings. The van der Waals surface area contributed by atoms with Crippen LogP contribution < -0.4 is 0 Å². The predicted octanol–water partition coefficient (Wildman–Crippen LogP) is 4.59. The van der Waals surface area contributed by atoms with Crippen LogP contribution >= 0.6 is 0 Å². The largest absolute Gasteiger partial charge is 0.299 e. The van der Waals surface area contributed by atoms with Crippen LogP contribution in [0.5, 0.6) is 0 Å². The maximum Gasteiger partial charge on any atom is 0.124 e. The fourth-order valence-electron chi connectivity index (χ4n) is 2.22. The molecule has 0 aliphatic rings. The molecule has 0 amide bonds. The number of hydrogen-bond donors (Lipinski definition) is 0. The Hall–Kier alpha value is -1.40. The monoisotopic (exact) mass is 290 g/mol. The first-order valence-corrected chi connectivity index (χ1v) is 7.82. The summed E-state index contributed by atoms with van der Waals surface area (Å²) >= 11 is 0. The van der Waals surface area contributed by atoms with Crippen LogP contribution in [0.4, 0.5) is 4.39 Å². The zero-order valence-electron chi connectivity index (χ0n) is 13.7. The summed E-state index contributed by atoms with van der Waals surface area (Å²) in [7, 11) is 0. The normalized spacial score (nSPS) is 11.4. The second-order valence-corrected chi connectivity index (χ2v) is 6.60. The van der Waals surface area contributed by atoms with Gasteiger partial charge in [0.25, 0.3) is 0 Å². The maximum atomic E-state index is 13.5. The van der Waals surface area contributed by atoms with Crippen LogP contribution in [0.25, 0.3) is 0 Å². The van der Waals surface area contributed by atoms with Gasteiger partial charge in [0, 0.05) is 6.54 Å². The van der Waals surface area contributed by atoms with Gasteiger partial charge in [-0.2, -0.15) is 5.26 Å². The molecular formula is C18H27FN2. The van der Waals surface area contributed by atoms with E-state index in [2.05, 4.69) is 32.6 Å². The van der Waals surface area contributed by atoms with Crippen molar-refractivity contribution in [1.29, 1.82) is 5.26 Å². The van der Waals surface area contributed by atoms with E-state index >= 15 is 0 Å². The van der Waals surface area contributed by atoms with E-state index in [9.17, 15) is 4.39 Å². The summed E-state index contributed by atoms with van der Waals surface area (Å²) in [4.78, 5) is 2.37. The molecule has 0 spiro atoms. The Morgan fingerprint density at radius 1 is 1.05 bits per heavy atom. The molecule has 0 N–H and O–H groups in total. The van der Waals surface area contributed by atoms with Crippen molar-refractivity contribution in [1.82, 2.24) is 4.90 Å². The lowest BCUT2D eigenvalue weighted by atomic mass is 10.1. The van der Waals surface area contributed by atoms with Crippen molar-refractivity contribution in [3.63, 3.8) is 0 Å². The number of nitrogens with zero attached hydrogens (tertiary/aromatic N) is 2. The molecule has 21 heavy (non-hydrogen) atoms. The lowest BCUT2D eigenvalue weighted by Crippen LogP contribution is -2.27. The van der Waals surface area contributed by atoms with Crippen LogP contribution in [0.15, 0.2) is 18.2 Å². The first-order valence-electron chi connectivity index (χ1n) is 7.82. The van der Waals surface area contributed by atoms with E-state index in [1.165, 1.54) is 6.07 Å². The quantitative estimate of drug-likeness (QED) is 0.700. The molecule has 0 saturated carbocycles. The molecule has 0 heterocycles. The van der Waals surface area contributed by atoms with Gasteiger partial charge in [0.2, 0.25) is 0 Å². The van der Waals surface area contributed by atoms with Gasteiger partial charge in [-0.1, -0.05) is 27.7 Å². The van der Waals surface area contributed by atoms with E-state index in [1.54, 1.807) is 12.1 Å². The Morgan fingerprint density at radius 2 is 1.62 bits per heavy atom. The number of hydrogen-bond acceptors (Lipinski definition) is 2. The summed E-state index contributed by atoms with van der Waals surface area (Å²) in [5.41, 5.74) is 1.29. The zero-order valence-corrected chi connectivity index (χ0v) is 13.7. The Kier molecular flexibility index (Phi) is 7.39. The van der Waals surface area contributed by atoms with Crippen molar-refractivity contribution < 1.29 is 4.39 Å². The van der Waals surface area contributed by atoms with E-state index in [-0.39, 0.29) is 5.82 Å². The summed E-state index contributed by atoms with van der Waals surface area (Å²) in [6, 6.07) is 6.64. The molecule has 0 atom stereocenters. The molecule has 3 heteroatoms. The van der Waals surface area contributed by atoms with Gasteiger partial charge in [-0.25, -0.2) is 4.39 Å². The molecule has 0 fully saturated rings. The molecule has 0 bridgehead atoms. The number of benzene rings is 1. The standard InChI is InChI=1S/C18H27FN2/c1-14(2)5-7-21(8-6-15(3)4)13-17-9-16(12-20)10-18(19)11-17/h9-11,14-15H,5-8,13H2,1-4H3. The Balaban J connectivity index is 2.74. The Labute approximate surface area is 128 Å². The van der Waals surface area contributed by atoms with Crippen molar-refractivity contribution in [3.05, 3.63) is 35.1 Å². The SMILES string of the molecule is CC(C)CCN(CCC(C)C)Cc1cc(F)cc(C#N)c1. The fourth-order valence-corrected chi connectivity index (χ4v) is 2.22. The highest BCUT2D eigenvalue weighted by Gasteiger charge is 2.10. The molecule has 0 aromatic heterocycles. The van der Waals surface area contributed by atoms with Crippen molar-refractivity contribution in [2.75, 3.05) is 13.1 Å². The van der Waals surface area contributed by atoms with Gasteiger partial charge in [0.1, 0.15) is 5.82 Å². The highest BCUT2D eigenvalue weighted by Crippen LogP contribution is 2.14. The molecular weight excluding hydrogens is 263 g/mol. The van der Waals surface area contributed by atoms with Crippen molar-refractivity contribution >= 4 is 0 Å². The summed E-state index contributed by atoms with van der Waals surface area (Å²) in [6.07, 6.45) is 2.27. The van der Waals surface area contributed by atoms with Crippen LogP contribution in [-0.2, 0) is 6.54 Å². The van der Waals surface area contributed by atoms with Gasteiger partial charge < -0.3 is 0 Å². The summed E-state index contributed by atoms with van der Waals surface area (Å²) in [6.45, 7) is 11.6. The lowest BCUT2D eigenvalue weighted by Gasteiger charge is -2.24. The van der Waals surface area contributed by atoms with Crippen molar-refractivity contribution in [3.8, 4) is 6.07 Å². The first-order chi connectivity index (χ1) is 9.90. The average molecular weight is 290 g/mol. The van der Waals surface area contributed by atoms with Gasteiger partial charge in [0.15, 0.2) is 0 Å². The third-order valence-electron chi connectivity index (χ3n) is 3.54. The molecule has 116 valence electrons. The summed E-state index contributed by atoms with van der Waals surface area (Å²) in [5, 5.41) is 8.94. The van der Waals surface area contributed by atoms with Crippen LogP contribution in [0, 0.1) is 29.0 Å². The van der Waals surface area contributed by atoms with Gasteiger partial charge in [-0.3, -0.25) is 4.90 Å². The highest BCUT2D eigenvalue weighted by molar-refractivity contribution is 5.33. The minimum Gasteiger partial charge on any atom is -0.299 e. The molecule has 0 radical (unpaired) electrons. The van der Waals surface area contributed by atoms with E-state index in [0.29, 0.717) is 23.9 Å². The second kappa shape index (κ2) is 8.79. The zero-order chi connectivity index (χ0) is 15.8. The second-order valence-electron chi connectivity index (χ2n) is 6.60. The fraction of sp³-hybridized carbons (Fsp3) is 0.611.